The fourth-order valence-corrected chi connectivity index (χ4v) is 6.55. The molecule has 0 aliphatic rings. The second-order valence-corrected chi connectivity index (χ2v) is 13.2. The van der Waals surface area contributed by atoms with E-state index in [9.17, 15) is 31.9 Å². The van der Waals surface area contributed by atoms with E-state index in [1.165, 1.54) is 17.1 Å². The maximum Gasteiger partial charge on any atom is 0.253 e. The first kappa shape index (κ1) is 38.3. The molecule has 0 aromatic heterocycles. The lowest BCUT2D eigenvalue weighted by atomic mass is 9.99. The summed E-state index contributed by atoms with van der Waals surface area (Å²) in [5, 5.41) is 15.5. The van der Waals surface area contributed by atoms with Crippen LogP contribution in [-0.2, 0) is 22.2 Å². The van der Waals surface area contributed by atoms with E-state index in [4.69, 9.17) is 0 Å². The predicted octanol–water partition coefficient (Wildman–Crippen LogP) is 4.66. The Morgan fingerprint density at radius 1 is 0.896 bits per heavy atom. The maximum absolute atomic E-state index is 14.1. The molecule has 0 aliphatic carbocycles. The second kappa shape index (κ2) is 18.4. The van der Waals surface area contributed by atoms with E-state index in [1.807, 2.05) is 13.8 Å². The van der Waals surface area contributed by atoms with Crippen molar-refractivity contribution >= 4 is 21.8 Å². The van der Waals surface area contributed by atoms with Gasteiger partial charge in [-0.25, -0.2) is 22.2 Å². The SMILES string of the molecule is CC#Cc1cc(C(=O)NC(Cc2cc(F)cc(F)c2)C(O)CN(CC)NS(=O)(=O)Cc2ccccc2)cc(C(=O)N(CCC)CCC)c1. The van der Waals surface area contributed by atoms with Gasteiger partial charge in [-0.1, -0.05) is 57.0 Å². The summed E-state index contributed by atoms with van der Waals surface area (Å²) >= 11 is 0. The zero-order chi connectivity index (χ0) is 35.3. The minimum atomic E-state index is -3.86. The minimum Gasteiger partial charge on any atom is -0.390 e. The molecule has 258 valence electrons. The second-order valence-electron chi connectivity index (χ2n) is 11.5. The summed E-state index contributed by atoms with van der Waals surface area (Å²) in [6, 6.07) is 15.0. The molecule has 0 radical (unpaired) electrons. The van der Waals surface area contributed by atoms with E-state index in [-0.39, 0.29) is 47.9 Å². The van der Waals surface area contributed by atoms with E-state index >= 15 is 0 Å². The molecule has 2 amide bonds. The predicted molar refractivity (Wildman–Crippen MR) is 182 cm³/mol. The molecule has 3 N–H and O–H groups in total. The molecule has 48 heavy (non-hydrogen) atoms. The number of nitrogens with zero attached hydrogens (tertiary/aromatic N) is 2. The highest BCUT2D eigenvalue weighted by atomic mass is 32.2. The van der Waals surface area contributed by atoms with Gasteiger partial charge < -0.3 is 15.3 Å². The van der Waals surface area contributed by atoms with Gasteiger partial charge in [0, 0.05) is 48.9 Å². The Labute approximate surface area is 282 Å². The molecule has 9 nitrogen and oxygen atoms in total. The number of amides is 2. The molecule has 12 heteroatoms. The molecule has 3 aromatic rings. The third-order valence-electron chi connectivity index (χ3n) is 7.40. The monoisotopic (exact) mass is 682 g/mol. The fraction of sp³-hybridized carbons (Fsp3) is 0.389. The number of hydrogen-bond donors (Lipinski definition) is 3. The van der Waals surface area contributed by atoms with Gasteiger partial charge in [-0.05, 0) is 67.6 Å². The lowest BCUT2D eigenvalue weighted by molar-refractivity contribution is 0.0634. The molecule has 3 aromatic carbocycles. The Hall–Kier alpha value is -4.15. The van der Waals surface area contributed by atoms with Crippen molar-refractivity contribution < 1.29 is 31.9 Å². The number of nitrogens with one attached hydrogen (secondary N) is 2. The quantitative estimate of drug-likeness (QED) is 0.141. The number of sulfonamides is 1. The number of benzene rings is 3. The van der Waals surface area contributed by atoms with Gasteiger partial charge in [0.05, 0.1) is 17.9 Å². The topological polar surface area (TPSA) is 119 Å². The molecule has 0 bridgehead atoms. The molecule has 2 atom stereocenters. The van der Waals surface area contributed by atoms with Crippen LogP contribution in [0.4, 0.5) is 8.78 Å². The number of halogens is 2. The van der Waals surface area contributed by atoms with Gasteiger partial charge in [-0.15, -0.1) is 10.8 Å². The number of hydrazine groups is 1. The number of aliphatic hydroxyl groups excluding tert-OH is 1. The normalized spacial score (nSPS) is 12.6. The van der Waals surface area contributed by atoms with Crippen molar-refractivity contribution in [3.8, 4) is 11.8 Å². The van der Waals surface area contributed by atoms with Crippen molar-refractivity contribution in [2.75, 3.05) is 26.2 Å². The van der Waals surface area contributed by atoms with Crippen molar-refractivity contribution in [1.82, 2.24) is 20.1 Å². The zero-order valence-electron chi connectivity index (χ0n) is 27.8. The summed E-state index contributed by atoms with van der Waals surface area (Å²) in [6.07, 6.45) is -0.0728. The number of hydrogen-bond acceptors (Lipinski definition) is 6. The van der Waals surface area contributed by atoms with Crippen LogP contribution in [0.25, 0.3) is 0 Å². The third-order valence-corrected chi connectivity index (χ3v) is 8.65. The van der Waals surface area contributed by atoms with Crippen LogP contribution >= 0.6 is 0 Å². The lowest BCUT2D eigenvalue weighted by Crippen LogP contribution is -2.53. The average Bonchev–Trinajstić information content (AvgIpc) is 3.03. The molecule has 0 saturated carbocycles. The van der Waals surface area contributed by atoms with Crippen LogP contribution < -0.4 is 10.1 Å². The number of likely N-dealkylation sites (N-methyl/N-ethyl adjacent to an activating group) is 1. The van der Waals surface area contributed by atoms with Gasteiger partial charge in [0.1, 0.15) is 11.6 Å². The summed E-state index contributed by atoms with van der Waals surface area (Å²) in [5.74, 6) is 2.82. The molecule has 2 unspecified atom stereocenters. The first-order valence-corrected chi connectivity index (χ1v) is 17.6. The smallest absolute Gasteiger partial charge is 0.253 e. The number of carbonyl (C=O) groups is 2. The van der Waals surface area contributed by atoms with Crippen LogP contribution in [0.3, 0.4) is 0 Å². The standard InChI is InChI=1S/C36H44F2N4O5S/c1-5-12-27-17-29(22-30(18-27)36(45)41(15-6-2)16-7-3)35(44)39-33(21-28-19-31(37)23-32(38)20-28)34(43)24-42(8-4)40-48(46,47)25-26-13-10-9-11-14-26/h9-11,13-14,17-20,22-23,33-34,40,43H,6-8,15-16,21,24-25H2,1-4H3,(H,39,44). The number of aliphatic hydroxyl groups is 1. The third kappa shape index (κ3) is 11.8. The number of carbonyl (C=O) groups excluding carboxylic acids is 2. The van der Waals surface area contributed by atoms with Crippen molar-refractivity contribution in [2.45, 2.75) is 64.9 Å². The summed E-state index contributed by atoms with van der Waals surface area (Å²) in [6.45, 7) is 8.24. The van der Waals surface area contributed by atoms with E-state index < -0.39 is 39.7 Å². The van der Waals surface area contributed by atoms with Gasteiger partial charge in [0.2, 0.25) is 10.0 Å². The van der Waals surface area contributed by atoms with E-state index in [2.05, 4.69) is 22.0 Å². The summed E-state index contributed by atoms with van der Waals surface area (Å²) in [5.41, 5.74) is 1.55. The fourth-order valence-electron chi connectivity index (χ4n) is 5.26. The molecule has 0 aliphatic heterocycles. The summed E-state index contributed by atoms with van der Waals surface area (Å²) < 4.78 is 54.1. The van der Waals surface area contributed by atoms with E-state index in [0.29, 0.717) is 30.3 Å². The van der Waals surface area contributed by atoms with Gasteiger partial charge in [-0.3, -0.25) is 9.59 Å². The molecule has 0 heterocycles. The first-order valence-electron chi connectivity index (χ1n) is 16.0. The largest absolute Gasteiger partial charge is 0.390 e. The zero-order valence-corrected chi connectivity index (χ0v) is 28.6. The Bertz CT molecular complexity index is 1680. The van der Waals surface area contributed by atoms with Gasteiger partial charge >= 0.3 is 0 Å². The van der Waals surface area contributed by atoms with Crippen LogP contribution in [0.5, 0.6) is 0 Å². The van der Waals surface area contributed by atoms with Crippen LogP contribution in [0.2, 0.25) is 0 Å². The Morgan fingerprint density at radius 3 is 2.10 bits per heavy atom. The van der Waals surface area contributed by atoms with Crippen molar-refractivity contribution in [3.05, 3.63) is 106 Å². The van der Waals surface area contributed by atoms with Crippen molar-refractivity contribution in [2.24, 2.45) is 0 Å². The molecule has 0 spiro atoms. The minimum absolute atomic E-state index is 0.102. The van der Waals surface area contributed by atoms with Gasteiger partial charge in [0.15, 0.2) is 0 Å². The summed E-state index contributed by atoms with van der Waals surface area (Å²) in [4.78, 5) is 31.4. The van der Waals surface area contributed by atoms with E-state index in [0.717, 1.165) is 25.0 Å². The van der Waals surface area contributed by atoms with Gasteiger partial charge in [0.25, 0.3) is 11.8 Å². The molecule has 0 saturated heterocycles. The highest BCUT2D eigenvalue weighted by molar-refractivity contribution is 7.88. The molecule has 3 rings (SSSR count). The average molecular weight is 683 g/mol. The van der Waals surface area contributed by atoms with E-state index in [1.54, 1.807) is 55.1 Å². The highest BCUT2D eigenvalue weighted by Crippen LogP contribution is 2.17. The first-order chi connectivity index (χ1) is 22.9. The maximum atomic E-state index is 14.1. The van der Waals surface area contributed by atoms with Crippen molar-refractivity contribution in [3.63, 3.8) is 0 Å². The Balaban J connectivity index is 1.92. The Kier molecular flexibility index (Phi) is 14.7. The molecular formula is C36H44F2N4O5S. The lowest BCUT2D eigenvalue weighted by Gasteiger charge is -2.30. The van der Waals surface area contributed by atoms with Gasteiger partial charge in [-0.2, -0.15) is 0 Å². The Morgan fingerprint density at radius 2 is 1.52 bits per heavy atom. The molecular weight excluding hydrogens is 638 g/mol. The number of rotatable bonds is 17. The highest BCUT2D eigenvalue weighted by Gasteiger charge is 2.27. The summed E-state index contributed by atoms with van der Waals surface area (Å²) in [7, 11) is -3.86. The van der Waals surface area contributed by atoms with Crippen LogP contribution in [0, 0.1) is 23.5 Å². The van der Waals surface area contributed by atoms with Crippen LogP contribution in [0.1, 0.15) is 77.9 Å². The van der Waals surface area contributed by atoms with Crippen LogP contribution in [0.15, 0.2) is 66.7 Å². The van der Waals surface area contributed by atoms with Crippen LogP contribution in [-0.4, -0.2) is 73.6 Å². The van der Waals surface area contributed by atoms with Crippen molar-refractivity contribution in [1.29, 1.82) is 0 Å². The molecule has 0 fully saturated rings.